The lowest BCUT2D eigenvalue weighted by molar-refractivity contribution is -0.132. The van der Waals surface area contributed by atoms with Crippen molar-refractivity contribution < 1.29 is 9.53 Å². The largest absolute Gasteiger partial charge is 0.369 e. The number of carbonyl (C=O) groups excluding carboxylic acids is 1. The summed E-state index contributed by atoms with van der Waals surface area (Å²) in [7, 11) is 0. The van der Waals surface area contributed by atoms with Gasteiger partial charge < -0.3 is 9.64 Å². The van der Waals surface area contributed by atoms with Gasteiger partial charge in [0.25, 0.3) is 0 Å². The van der Waals surface area contributed by atoms with Crippen LogP contribution in [-0.2, 0) is 29.2 Å². The molecule has 1 fully saturated rings. The molecule has 4 rings (SSSR count). The number of amides is 1. The molecule has 0 radical (unpaired) electrons. The maximum Gasteiger partial charge on any atom is 0.237 e. The highest BCUT2D eigenvalue weighted by molar-refractivity contribution is 7.09. The monoisotopic (exact) mass is 408 g/mol. The van der Waals surface area contributed by atoms with Gasteiger partial charge in [-0.15, -0.1) is 11.3 Å². The lowest BCUT2D eigenvalue weighted by atomic mass is 10.2. The molecule has 3 heterocycles. The van der Waals surface area contributed by atoms with Crippen LogP contribution in [0.15, 0.2) is 66.3 Å². The Morgan fingerprint density at radius 2 is 1.86 bits per heavy atom. The van der Waals surface area contributed by atoms with E-state index in [2.05, 4.69) is 27.0 Å². The molecule has 7 heteroatoms. The average molecular weight is 409 g/mol. The Morgan fingerprint density at radius 3 is 2.62 bits per heavy atom. The highest BCUT2D eigenvalue weighted by atomic mass is 32.1. The predicted molar refractivity (Wildman–Crippen MR) is 112 cm³/mol. The van der Waals surface area contributed by atoms with E-state index in [0.717, 1.165) is 16.3 Å². The summed E-state index contributed by atoms with van der Waals surface area (Å²) < 4.78 is 6.20. The zero-order valence-corrected chi connectivity index (χ0v) is 17.0. The molecule has 0 saturated carbocycles. The Labute approximate surface area is 174 Å². The number of thiazole rings is 1. The third-order valence-electron chi connectivity index (χ3n) is 4.85. The van der Waals surface area contributed by atoms with Crippen LogP contribution in [0.4, 0.5) is 0 Å². The second-order valence-corrected chi connectivity index (χ2v) is 8.09. The summed E-state index contributed by atoms with van der Waals surface area (Å²) in [4.78, 5) is 25.7. The molecular weight excluding hydrogens is 384 g/mol. The molecule has 6 nitrogen and oxygen atoms in total. The van der Waals surface area contributed by atoms with E-state index in [1.165, 1.54) is 0 Å². The Balaban J connectivity index is 1.47. The van der Waals surface area contributed by atoms with Crippen LogP contribution in [-0.4, -0.2) is 51.4 Å². The van der Waals surface area contributed by atoms with Crippen LogP contribution in [0.3, 0.4) is 0 Å². The van der Waals surface area contributed by atoms with E-state index in [4.69, 9.17) is 4.74 Å². The fourth-order valence-electron chi connectivity index (χ4n) is 3.44. The van der Waals surface area contributed by atoms with Crippen molar-refractivity contribution >= 4 is 17.2 Å². The van der Waals surface area contributed by atoms with Crippen molar-refractivity contribution in [3.63, 3.8) is 0 Å². The number of aromatic nitrogens is 2. The van der Waals surface area contributed by atoms with E-state index in [9.17, 15) is 4.79 Å². The Hall–Kier alpha value is -2.61. The van der Waals surface area contributed by atoms with Gasteiger partial charge in [-0.05, 0) is 17.7 Å². The fourth-order valence-corrected chi connectivity index (χ4v) is 4.10. The van der Waals surface area contributed by atoms with E-state index in [-0.39, 0.29) is 12.0 Å². The highest BCUT2D eigenvalue weighted by Gasteiger charge is 2.29. The second kappa shape index (κ2) is 9.73. The van der Waals surface area contributed by atoms with Gasteiger partial charge in [-0.1, -0.05) is 36.4 Å². The minimum absolute atomic E-state index is 0.0906. The molecule has 1 amide bonds. The molecule has 3 aromatic rings. The van der Waals surface area contributed by atoms with Crippen molar-refractivity contribution in [3.8, 4) is 0 Å². The number of benzene rings is 1. The summed E-state index contributed by atoms with van der Waals surface area (Å²) >= 11 is 1.61. The van der Waals surface area contributed by atoms with E-state index >= 15 is 0 Å². The maximum atomic E-state index is 13.0. The normalized spacial score (nSPS) is 18.0. The summed E-state index contributed by atoms with van der Waals surface area (Å²) in [5.41, 5.74) is 2.02. The molecule has 0 unspecified atom stereocenters. The van der Waals surface area contributed by atoms with Gasteiger partial charge in [0.15, 0.2) is 0 Å². The van der Waals surface area contributed by atoms with Crippen molar-refractivity contribution in [2.45, 2.75) is 25.8 Å². The molecule has 1 aliphatic heterocycles. The van der Waals surface area contributed by atoms with Crippen molar-refractivity contribution in [2.24, 2.45) is 0 Å². The molecule has 29 heavy (non-hydrogen) atoms. The Kier molecular flexibility index (Phi) is 6.61. The Bertz CT molecular complexity index is 890. The summed E-state index contributed by atoms with van der Waals surface area (Å²) in [6, 6.07) is 15.9. The minimum Gasteiger partial charge on any atom is -0.369 e. The lowest BCUT2D eigenvalue weighted by Gasteiger charge is -2.24. The first-order valence-electron chi connectivity index (χ1n) is 9.70. The molecule has 2 aromatic heterocycles. The van der Waals surface area contributed by atoms with Gasteiger partial charge >= 0.3 is 0 Å². The molecule has 0 N–H and O–H groups in total. The summed E-state index contributed by atoms with van der Waals surface area (Å²) in [6.07, 6.45) is 3.48. The van der Waals surface area contributed by atoms with Gasteiger partial charge in [-0.25, -0.2) is 4.98 Å². The zero-order valence-electron chi connectivity index (χ0n) is 16.2. The van der Waals surface area contributed by atoms with Crippen LogP contribution in [0.5, 0.6) is 0 Å². The van der Waals surface area contributed by atoms with Crippen molar-refractivity contribution in [1.29, 1.82) is 0 Å². The van der Waals surface area contributed by atoms with Crippen LogP contribution in [0.2, 0.25) is 0 Å². The molecule has 0 spiro atoms. The molecule has 0 aliphatic carbocycles. The van der Waals surface area contributed by atoms with Crippen molar-refractivity contribution in [1.82, 2.24) is 19.8 Å². The van der Waals surface area contributed by atoms with Crippen LogP contribution in [0, 0.1) is 0 Å². The van der Waals surface area contributed by atoms with Gasteiger partial charge in [0.2, 0.25) is 5.91 Å². The number of hydrogen-bond acceptors (Lipinski definition) is 6. The summed E-state index contributed by atoms with van der Waals surface area (Å²) in [6.45, 7) is 3.30. The fraction of sp³-hybridized carbons (Fsp3) is 0.318. The first kappa shape index (κ1) is 19.7. The average Bonchev–Trinajstić information content (AvgIpc) is 3.20. The highest BCUT2D eigenvalue weighted by Crippen LogP contribution is 2.16. The number of nitrogens with zero attached hydrogens (tertiary/aromatic N) is 4. The van der Waals surface area contributed by atoms with E-state index in [1.54, 1.807) is 23.7 Å². The third-order valence-corrected chi connectivity index (χ3v) is 5.61. The van der Waals surface area contributed by atoms with E-state index in [1.807, 2.05) is 46.7 Å². The molecule has 1 atom stereocenters. The first-order valence-corrected chi connectivity index (χ1v) is 10.6. The predicted octanol–water partition coefficient (Wildman–Crippen LogP) is 2.97. The van der Waals surface area contributed by atoms with Gasteiger partial charge in [-0.2, -0.15) is 0 Å². The number of ether oxygens (including phenoxy) is 1. The SMILES string of the molecule is O=C1CN(Cc2nccs2)C[C@@H](OCc2ccccn2)CN1Cc1ccccc1. The number of pyridine rings is 1. The van der Waals surface area contributed by atoms with Crippen LogP contribution in [0.1, 0.15) is 16.3 Å². The standard InChI is InChI=1S/C22H24N4O2S/c27-22-16-25(15-21-24-10-11-29-21)13-20(28-17-19-8-4-5-9-23-19)14-26(22)12-18-6-2-1-3-7-18/h1-11,20H,12-17H2/t20-/m1/s1. The lowest BCUT2D eigenvalue weighted by Crippen LogP contribution is -2.37. The number of rotatable bonds is 7. The zero-order chi connectivity index (χ0) is 19.9. The third kappa shape index (κ3) is 5.69. The molecule has 1 aromatic carbocycles. The smallest absolute Gasteiger partial charge is 0.237 e. The molecular formula is C22H24N4O2S. The minimum atomic E-state index is -0.0906. The number of hydrogen-bond donors (Lipinski definition) is 0. The van der Waals surface area contributed by atoms with E-state index in [0.29, 0.717) is 39.3 Å². The summed E-state index contributed by atoms with van der Waals surface area (Å²) in [5, 5.41) is 2.98. The second-order valence-electron chi connectivity index (χ2n) is 7.11. The van der Waals surface area contributed by atoms with Gasteiger partial charge in [-0.3, -0.25) is 14.7 Å². The summed E-state index contributed by atoms with van der Waals surface area (Å²) in [5.74, 6) is 0.120. The van der Waals surface area contributed by atoms with Crippen LogP contribution < -0.4 is 0 Å². The van der Waals surface area contributed by atoms with Crippen molar-refractivity contribution in [2.75, 3.05) is 19.6 Å². The first-order chi connectivity index (χ1) is 14.3. The quantitative estimate of drug-likeness (QED) is 0.602. The van der Waals surface area contributed by atoms with Crippen LogP contribution >= 0.6 is 11.3 Å². The van der Waals surface area contributed by atoms with Gasteiger partial charge in [0.05, 0.1) is 31.5 Å². The maximum absolute atomic E-state index is 13.0. The molecule has 1 aliphatic rings. The van der Waals surface area contributed by atoms with E-state index < -0.39 is 0 Å². The number of carbonyl (C=O) groups is 1. The Morgan fingerprint density at radius 1 is 1.00 bits per heavy atom. The molecule has 0 bridgehead atoms. The van der Waals surface area contributed by atoms with Gasteiger partial charge in [0, 0.05) is 37.4 Å². The topological polar surface area (TPSA) is 58.6 Å². The molecule has 1 saturated heterocycles. The molecule has 150 valence electrons. The van der Waals surface area contributed by atoms with Crippen LogP contribution in [0.25, 0.3) is 0 Å². The van der Waals surface area contributed by atoms with Crippen molar-refractivity contribution in [3.05, 3.63) is 82.6 Å². The van der Waals surface area contributed by atoms with Gasteiger partial charge in [0.1, 0.15) is 5.01 Å².